The Hall–Kier alpha value is -2.20. The van der Waals surface area contributed by atoms with Crippen molar-refractivity contribution in [3.05, 3.63) is 45.3 Å². The molecule has 0 bridgehead atoms. The molecule has 9 nitrogen and oxygen atoms in total. The lowest BCUT2D eigenvalue weighted by Crippen LogP contribution is -2.41. The maximum absolute atomic E-state index is 12.3. The molecule has 1 atom stereocenters. The molecule has 0 aliphatic heterocycles. The van der Waals surface area contributed by atoms with E-state index in [0.29, 0.717) is 5.82 Å². The SMILES string of the molecule is CC(NS(=O)(=O)c1cn(C)c(=O)n(C)c1=O)c1ncc[nH]1. The third kappa shape index (κ3) is 2.81. The van der Waals surface area contributed by atoms with Crippen molar-refractivity contribution in [2.24, 2.45) is 14.1 Å². The van der Waals surface area contributed by atoms with Gasteiger partial charge in [0.1, 0.15) is 5.82 Å². The van der Waals surface area contributed by atoms with Gasteiger partial charge >= 0.3 is 5.69 Å². The molecule has 0 spiro atoms. The van der Waals surface area contributed by atoms with Crippen molar-refractivity contribution in [1.29, 1.82) is 0 Å². The summed E-state index contributed by atoms with van der Waals surface area (Å²) >= 11 is 0. The van der Waals surface area contributed by atoms with Crippen molar-refractivity contribution in [1.82, 2.24) is 23.8 Å². The van der Waals surface area contributed by atoms with Crippen LogP contribution in [-0.2, 0) is 24.1 Å². The molecular formula is C11H15N5O4S. The molecule has 0 radical (unpaired) electrons. The number of hydrogen-bond donors (Lipinski definition) is 2. The molecule has 2 aromatic heterocycles. The summed E-state index contributed by atoms with van der Waals surface area (Å²) in [5.74, 6) is 0.417. The first-order chi connectivity index (χ1) is 9.74. The van der Waals surface area contributed by atoms with Crippen LogP contribution >= 0.6 is 0 Å². The number of aromatic amines is 1. The Bertz CT molecular complexity index is 863. The van der Waals surface area contributed by atoms with Gasteiger partial charge in [-0.3, -0.25) is 9.36 Å². The summed E-state index contributed by atoms with van der Waals surface area (Å²) in [4.78, 5) is 29.8. The van der Waals surface area contributed by atoms with Gasteiger partial charge in [-0.1, -0.05) is 0 Å². The molecule has 2 aromatic rings. The third-order valence-electron chi connectivity index (χ3n) is 2.97. The van der Waals surface area contributed by atoms with E-state index in [2.05, 4.69) is 14.7 Å². The second-order valence-electron chi connectivity index (χ2n) is 4.57. The molecule has 0 fully saturated rings. The molecule has 2 rings (SSSR count). The summed E-state index contributed by atoms with van der Waals surface area (Å²) in [5.41, 5.74) is -1.48. The van der Waals surface area contributed by atoms with Crippen molar-refractivity contribution in [3.63, 3.8) is 0 Å². The first-order valence-corrected chi connectivity index (χ1v) is 7.50. The fourth-order valence-corrected chi connectivity index (χ4v) is 3.19. The minimum atomic E-state index is -4.08. The number of aryl methyl sites for hydroxylation is 1. The van der Waals surface area contributed by atoms with E-state index in [1.54, 1.807) is 13.1 Å². The summed E-state index contributed by atoms with van der Waals surface area (Å²) in [6.45, 7) is 1.59. The Morgan fingerprint density at radius 1 is 1.33 bits per heavy atom. The number of hydrogen-bond acceptors (Lipinski definition) is 5. The average molecular weight is 313 g/mol. The quantitative estimate of drug-likeness (QED) is 0.738. The van der Waals surface area contributed by atoms with Crippen LogP contribution in [0, 0.1) is 0 Å². The van der Waals surface area contributed by atoms with Gasteiger partial charge in [-0.15, -0.1) is 0 Å². The summed E-state index contributed by atoms with van der Waals surface area (Å²) in [6.07, 6.45) is 4.05. The highest BCUT2D eigenvalue weighted by Crippen LogP contribution is 2.10. The predicted molar refractivity (Wildman–Crippen MR) is 74.2 cm³/mol. The van der Waals surface area contributed by atoms with E-state index >= 15 is 0 Å². The van der Waals surface area contributed by atoms with Crippen LogP contribution in [0.1, 0.15) is 18.8 Å². The van der Waals surface area contributed by atoms with Gasteiger partial charge in [-0.05, 0) is 6.92 Å². The minimum absolute atomic E-state index is 0.417. The molecule has 0 aliphatic rings. The minimum Gasteiger partial charge on any atom is -0.347 e. The number of sulfonamides is 1. The number of nitrogens with zero attached hydrogens (tertiary/aromatic N) is 3. The van der Waals surface area contributed by atoms with Gasteiger partial charge in [0.25, 0.3) is 5.56 Å². The number of imidazole rings is 1. The molecule has 0 aliphatic carbocycles. The van der Waals surface area contributed by atoms with Crippen molar-refractivity contribution in [3.8, 4) is 0 Å². The zero-order valence-electron chi connectivity index (χ0n) is 11.7. The largest absolute Gasteiger partial charge is 0.347 e. The Labute approximate surface area is 120 Å². The first-order valence-electron chi connectivity index (χ1n) is 6.02. The second-order valence-corrected chi connectivity index (χ2v) is 6.25. The Morgan fingerprint density at radius 2 is 2.00 bits per heavy atom. The molecule has 0 saturated carbocycles. The van der Waals surface area contributed by atoms with Crippen molar-refractivity contribution in [2.75, 3.05) is 0 Å². The van der Waals surface area contributed by atoms with Crippen LogP contribution in [0.3, 0.4) is 0 Å². The summed E-state index contributed by atoms with van der Waals surface area (Å²) in [5, 5.41) is 0. The van der Waals surface area contributed by atoms with Gasteiger partial charge in [-0.2, -0.15) is 0 Å². The molecular weight excluding hydrogens is 298 g/mol. The van der Waals surface area contributed by atoms with Gasteiger partial charge in [-0.25, -0.2) is 22.9 Å². The lowest BCUT2D eigenvalue weighted by atomic mass is 10.3. The second kappa shape index (κ2) is 5.30. The van der Waals surface area contributed by atoms with Gasteiger partial charge in [0.05, 0.1) is 6.04 Å². The lowest BCUT2D eigenvalue weighted by molar-refractivity contribution is 0.552. The Balaban J connectivity index is 2.46. The molecule has 1 unspecified atom stereocenters. The van der Waals surface area contributed by atoms with Gasteiger partial charge in [0.15, 0.2) is 4.90 Å². The highest BCUT2D eigenvalue weighted by Gasteiger charge is 2.24. The molecule has 0 aromatic carbocycles. The predicted octanol–water partition coefficient (Wildman–Crippen LogP) is -1.15. The smallest absolute Gasteiger partial charge is 0.330 e. The molecule has 2 heterocycles. The first kappa shape index (κ1) is 15.2. The van der Waals surface area contributed by atoms with Crippen LogP contribution < -0.4 is 16.0 Å². The van der Waals surface area contributed by atoms with Crippen molar-refractivity contribution >= 4 is 10.0 Å². The van der Waals surface area contributed by atoms with E-state index in [-0.39, 0.29) is 0 Å². The highest BCUT2D eigenvalue weighted by molar-refractivity contribution is 7.89. The summed E-state index contributed by atoms with van der Waals surface area (Å²) in [7, 11) is -1.49. The molecule has 10 heteroatoms. The zero-order valence-corrected chi connectivity index (χ0v) is 12.5. The number of nitrogens with one attached hydrogen (secondary N) is 2. The zero-order chi connectivity index (χ0) is 15.8. The number of aromatic nitrogens is 4. The van der Waals surface area contributed by atoms with Crippen LogP contribution in [0.5, 0.6) is 0 Å². The molecule has 114 valence electrons. The third-order valence-corrected chi connectivity index (χ3v) is 4.49. The fraction of sp³-hybridized carbons (Fsp3) is 0.364. The van der Waals surface area contributed by atoms with Crippen LogP contribution in [0.15, 0.2) is 33.1 Å². The molecule has 0 amide bonds. The maximum Gasteiger partial charge on any atom is 0.330 e. The Kier molecular flexibility index (Phi) is 3.83. The summed E-state index contributed by atoms with van der Waals surface area (Å²) in [6, 6.07) is -0.646. The van der Waals surface area contributed by atoms with E-state index in [9.17, 15) is 18.0 Å². The fourth-order valence-electron chi connectivity index (χ4n) is 1.83. The normalized spacial score (nSPS) is 13.3. The highest BCUT2D eigenvalue weighted by atomic mass is 32.2. The lowest BCUT2D eigenvalue weighted by Gasteiger charge is -2.13. The molecule has 0 saturated heterocycles. The van der Waals surface area contributed by atoms with Crippen LogP contribution in [0.25, 0.3) is 0 Å². The monoisotopic (exact) mass is 313 g/mol. The van der Waals surface area contributed by atoms with E-state index in [4.69, 9.17) is 0 Å². The number of rotatable bonds is 4. The van der Waals surface area contributed by atoms with Crippen molar-refractivity contribution in [2.45, 2.75) is 17.9 Å². The van der Waals surface area contributed by atoms with Crippen LogP contribution in [0.4, 0.5) is 0 Å². The number of H-pyrrole nitrogens is 1. The topological polar surface area (TPSA) is 119 Å². The van der Waals surface area contributed by atoms with Crippen LogP contribution in [-0.4, -0.2) is 27.5 Å². The van der Waals surface area contributed by atoms with Gasteiger partial charge < -0.3 is 9.55 Å². The van der Waals surface area contributed by atoms with E-state index in [0.717, 1.165) is 15.3 Å². The molecule has 2 N–H and O–H groups in total. The van der Waals surface area contributed by atoms with Crippen LogP contribution in [0.2, 0.25) is 0 Å². The van der Waals surface area contributed by atoms with Gasteiger partial charge in [0.2, 0.25) is 10.0 Å². The average Bonchev–Trinajstić information content (AvgIpc) is 2.94. The van der Waals surface area contributed by atoms with Crippen molar-refractivity contribution < 1.29 is 8.42 Å². The van der Waals surface area contributed by atoms with E-state index < -0.39 is 32.2 Å². The standard InChI is InChI=1S/C11H15N5O4S/c1-7(9-12-4-5-13-9)14-21(19,20)8-6-15(2)11(18)16(3)10(8)17/h4-7,14H,1-3H3,(H,12,13). The molecule has 21 heavy (non-hydrogen) atoms. The maximum atomic E-state index is 12.3. The van der Waals surface area contributed by atoms with Gasteiger partial charge in [0, 0.05) is 32.7 Å². The van der Waals surface area contributed by atoms with E-state index in [1.165, 1.54) is 20.3 Å². The Morgan fingerprint density at radius 3 is 2.57 bits per heavy atom. The van der Waals surface area contributed by atoms with E-state index in [1.807, 2.05) is 0 Å². The summed E-state index contributed by atoms with van der Waals surface area (Å²) < 4.78 is 28.7.